The lowest BCUT2D eigenvalue weighted by atomic mass is 10.2. The Morgan fingerprint density at radius 3 is 2.44 bits per heavy atom. The predicted octanol–water partition coefficient (Wildman–Crippen LogP) is 3.27. The maximum Gasteiger partial charge on any atom is 0.120 e. The minimum Gasteiger partial charge on any atom is -0.508 e. The Hall–Kier alpha value is -1.45. The summed E-state index contributed by atoms with van der Waals surface area (Å²) in [5.74, 6) is 1.39. The standard InChI is InChI=1S/C15H17NOS/c17-15-9-5-4-6-13(15)12-16-10-11-18-14-7-2-1-3-8-14/h1-9,16-17H,10-12H2. The molecule has 2 aromatic rings. The zero-order chi connectivity index (χ0) is 12.6. The molecule has 94 valence electrons. The van der Waals surface area contributed by atoms with Crippen LogP contribution in [0.3, 0.4) is 0 Å². The lowest BCUT2D eigenvalue weighted by Crippen LogP contribution is -2.16. The highest BCUT2D eigenvalue weighted by Crippen LogP contribution is 2.17. The van der Waals surface area contributed by atoms with Crippen molar-refractivity contribution in [2.45, 2.75) is 11.4 Å². The molecule has 0 saturated carbocycles. The summed E-state index contributed by atoms with van der Waals surface area (Å²) in [6.07, 6.45) is 0. The number of hydrogen-bond acceptors (Lipinski definition) is 3. The number of aromatic hydroxyl groups is 1. The molecule has 0 aromatic heterocycles. The Bertz CT molecular complexity index is 473. The third-order valence-electron chi connectivity index (χ3n) is 2.60. The van der Waals surface area contributed by atoms with Crippen molar-refractivity contribution in [2.75, 3.05) is 12.3 Å². The highest BCUT2D eigenvalue weighted by atomic mass is 32.2. The molecule has 0 aliphatic heterocycles. The Kier molecular flexibility index (Phi) is 5.12. The molecule has 0 heterocycles. The van der Waals surface area contributed by atoms with Crippen LogP contribution in [0.15, 0.2) is 59.5 Å². The van der Waals surface area contributed by atoms with E-state index in [0.29, 0.717) is 12.3 Å². The van der Waals surface area contributed by atoms with Crippen molar-refractivity contribution in [3.8, 4) is 5.75 Å². The predicted molar refractivity (Wildman–Crippen MR) is 77.0 cm³/mol. The summed E-state index contributed by atoms with van der Waals surface area (Å²) < 4.78 is 0. The lowest BCUT2D eigenvalue weighted by molar-refractivity contribution is 0.465. The average Bonchev–Trinajstić information content (AvgIpc) is 2.42. The van der Waals surface area contributed by atoms with Gasteiger partial charge in [-0.3, -0.25) is 0 Å². The van der Waals surface area contributed by atoms with Gasteiger partial charge in [0, 0.05) is 29.3 Å². The quantitative estimate of drug-likeness (QED) is 0.617. The zero-order valence-electron chi connectivity index (χ0n) is 10.2. The van der Waals surface area contributed by atoms with Crippen molar-refractivity contribution < 1.29 is 5.11 Å². The van der Waals surface area contributed by atoms with E-state index < -0.39 is 0 Å². The van der Waals surface area contributed by atoms with Gasteiger partial charge in [-0.1, -0.05) is 36.4 Å². The van der Waals surface area contributed by atoms with Crippen molar-refractivity contribution in [1.82, 2.24) is 5.32 Å². The molecule has 0 unspecified atom stereocenters. The summed E-state index contributed by atoms with van der Waals surface area (Å²) in [5.41, 5.74) is 0.946. The molecular weight excluding hydrogens is 242 g/mol. The van der Waals surface area contributed by atoms with Crippen LogP contribution >= 0.6 is 11.8 Å². The number of phenolic OH excluding ortho intramolecular Hbond substituents is 1. The van der Waals surface area contributed by atoms with E-state index in [1.54, 1.807) is 6.07 Å². The molecule has 18 heavy (non-hydrogen) atoms. The molecule has 0 saturated heterocycles. The zero-order valence-corrected chi connectivity index (χ0v) is 11.0. The summed E-state index contributed by atoms with van der Waals surface area (Å²) in [6.45, 7) is 1.63. The van der Waals surface area contributed by atoms with E-state index in [2.05, 4.69) is 29.6 Å². The summed E-state index contributed by atoms with van der Waals surface area (Å²) in [7, 11) is 0. The molecule has 0 radical (unpaired) electrons. The third kappa shape index (κ3) is 4.09. The summed E-state index contributed by atoms with van der Waals surface area (Å²) in [6, 6.07) is 17.8. The van der Waals surface area contributed by atoms with Gasteiger partial charge < -0.3 is 10.4 Å². The molecule has 0 atom stereocenters. The van der Waals surface area contributed by atoms with Gasteiger partial charge in [-0.05, 0) is 18.2 Å². The van der Waals surface area contributed by atoms with E-state index >= 15 is 0 Å². The molecule has 0 fully saturated rings. The van der Waals surface area contributed by atoms with Gasteiger partial charge in [0.2, 0.25) is 0 Å². The Balaban J connectivity index is 1.66. The number of phenols is 1. The first-order chi connectivity index (χ1) is 8.86. The number of benzene rings is 2. The number of thioether (sulfide) groups is 1. The van der Waals surface area contributed by atoms with Gasteiger partial charge in [0.1, 0.15) is 5.75 Å². The molecule has 3 heteroatoms. The van der Waals surface area contributed by atoms with Crippen LogP contribution in [0.25, 0.3) is 0 Å². The smallest absolute Gasteiger partial charge is 0.120 e. The molecule has 2 nitrogen and oxygen atoms in total. The van der Waals surface area contributed by atoms with E-state index in [4.69, 9.17) is 0 Å². The Morgan fingerprint density at radius 1 is 0.944 bits per heavy atom. The molecule has 2 N–H and O–H groups in total. The van der Waals surface area contributed by atoms with Gasteiger partial charge >= 0.3 is 0 Å². The average molecular weight is 259 g/mol. The van der Waals surface area contributed by atoms with Crippen molar-refractivity contribution in [3.05, 3.63) is 60.2 Å². The fourth-order valence-electron chi connectivity index (χ4n) is 1.64. The highest BCUT2D eigenvalue weighted by molar-refractivity contribution is 7.99. The van der Waals surface area contributed by atoms with Crippen LogP contribution in [0.5, 0.6) is 5.75 Å². The first kappa shape index (κ1) is 13.0. The summed E-state index contributed by atoms with van der Waals surface area (Å²) in [4.78, 5) is 1.29. The van der Waals surface area contributed by atoms with Crippen molar-refractivity contribution in [2.24, 2.45) is 0 Å². The molecule has 0 spiro atoms. The maximum absolute atomic E-state index is 9.60. The van der Waals surface area contributed by atoms with Gasteiger partial charge in [0.25, 0.3) is 0 Å². The minimum absolute atomic E-state index is 0.362. The van der Waals surface area contributed by atoms with Crippen LogP contribution in [-0.2, 0) is 6.54 Å². The number of hydrogen-bond donors (Lipinski definition) is 2. The van der Waals surface area contributed by atoms with Gasteiger partial charge in [-0.25, -0.2) is 0 Å². The van der Waals surface area contributed by atoms with Crippen LogP contribution in [0.2, 0.25) is 0 Å². The van der Waals surface area contributed by atoms with E-state index in [0.717, 1.165) is 17.9 Å². The van der Waals surface area contributed by atoms with Crippen molar-refractivity contribution in [1.29, 1.82) is 0 Å². The number of rotatable bonds is 6. The summed E-state index contributed by atoms with van der Waals surface area (Å²) in [5, 5.41) is 12.9. The number of nitrogens with one attached hydrogen (secondary N) is 1. The molecule has 0 aliphatic carbocycles. The van der Waals surface area contributed by atoms with Gasteiger partial charge in [0.05, 0.1) is 0 Å². The van der Waals surface area contributed by atoms with E-state index in [9.17, 15) is 5.11 Å². The second kappa shape index (κ2) is 7.09. The van der Waals surface area contributed by atoms with Crippen LogP contribution in [-0.4, -0.2) is 17.4 Å². The Labute approximate surface area is 112 Å². The minimum atomic E-state index is 0.362. The van der Waals surface area contributed by atoms with Gasteiger partial charge in [-0.2, -0.15) is 0 Å². The number of para-hydroxylation sites is 1. The third-order valence-corrected chi connectivity index (χ3v) is 3.61. The Morgan fingerprint density at radius 2 is 1.67 bits per heavy atom. The second-order valence-corrected chi connectivity index (χ2v) is 5.14. The SMILES string of the molecule is Oc1ccccc1CNCCSc1ccccc1. The van der Waals surface area contributed by atoms with Gasteiger partial charge in [0.15, 0.2) is 0 Å². The lowest BCUT2D eigenvalue weighted by Gasteiger charge is -2.06. The first-order valence-corrected chi connectivity index (χ1v) is 7.00. The monoisotopic (exact) mass is 259 g/mol. The van der Waals surface area contributed by atoms with Crippen LogP contribution in [0.4, 0.5) is 0 Å². The largest absolute Gasteiger partial charge is 0.508 e. The first-order valence-electron chi connectivity index (χ1n) is 6.02. The normalized spacial score (nSPS) is 10.4. The van der Waals surface area contributed by atoms with Crippen LogP contribution in [0.1, 0.15) is 5.56 Å². The van der Waals surface area contributed by atoms with E-state index in [-0.39, 0.29) is 0 Å². The van der Waals surface area contributed by atoms with E-state index in [1.165, 1.54) is 4.90 Å². The fraction of sp³-hybridized carbons (Fsp3) is 0.200. The van der Waals surface area contributed by atoms with Gasteiger partial charge in [-0.15, -0.1) is 11.8 Å². The van der Waals surface area contributed by atoms with Crippen molar-refractivity contribution in [3.63, 3.8) is 0 Å². The molecule has 0 bridgehead atoms. The molecule has 2 aromatic carbocycles. The highest BCUT2D eigenvalue weighted by Gasteiger charge is 1.98. The topological polar surface area (TPSA) is 32.3 Å². The van der Waals surface area contributed by atoms with Crippen LogP contribution in [0, 0.1) is 0 Å². The van der Waals surface area contributed by atoms with Crippen molar-refractivity contribution >= 4 is 11.8 Å². The van der Waals surface area contributed by atoms with E-state index in [1.807, 2.05) is 36.0 Å². The molecule has 0 aliphatic rings. The second-order valence-electron chi connectivity index (χ2n) is 3.97. The fourth-order valence-corrected chi connectivity index (χ4v) is 2.47. The van der Waals surface area contributed by atoms with Crippen LogP contribution < -0.4 is 5.32 Å². The summed E-state index contributed by atoms with van der Waals surface area (Å²) >= 11 is 1.83. The molecule has 0 amide bonds. The molecular formula is C15H17NOS. The maximum atomic E-state index is 9.60. The molecule has 2 rings (SSSR count).